The molecule has 0 spiro atoms. The predicted octanol–water partition coefficient (Wildman–Crippen LogP) is 14.0. The first-order chi connectivity index (χ1) is 41.4. The van der Waals surface area contributed by atoms with Crippen LogP contribution in [0.5, 0.6) is 0 Å². The van der Waals surface area contributed by atoms with Crippen LogP contribution in [0.1, 0.15) is 130 Å². The number of rotatable bonds is 15. The highest BCUT2D eigenvalue weighted by Gasteiger charge is 2.37. The van der Waals surface area contributed by atoms with Gasteiger partial charge in [0, 0.05) is 103 Å². The van der Waals surface area contributed by atoms with Crippen molar-refractivity contribution in [3.63, 3.8) is 0 Å². The molecule has 7 aromatic rings. The standard InChI is InChI=1S/C39H47N3O2.C34H33N3.C5H12/c1-8-39(2,3)38(43)44-36-16-12-11-15-35(36)40-34-26-25-33(31-13-9-10-14-32(31)34)37(27-17-21-29(22-18-27)41(4)5)28-19-23-30(24-20-28)42(6)7;1-36(2)28-18-14-26(15-19-28)34(27-16-20-29(21-17-27)37(3)4)32-22-23-33(31-13-9-8-12-30(31)32)35-24-25-10-6-5-7-11-25;1-4-5(2)3/h9-10,13-14,17-26,35-36H,8,11-12,15-16H2,1-7H3;5-23H,24H2,1-4H3;5H,4H2,1-3H3/p+2. The summed E-state index contributed by atoms with van der Waals surface area (Å²) in [7, 11) is 16.6. The van der Waals surface area contributed by atoms with Crippen LogP contribution in [0.3, 0.4) is 0 Å². The fourth-order valence-electron chi connectivity index (χ4n) is 10.8. The first kappa shape index (κ1) is 63.5. The summed E-state index contributed by atoms with van der Waals surface area (Å²) in [6, 6.07) is 63.4. The van der Waals surface area contributed by atoms with Crippen LogP contribution in [0.2, 0.25) is 0 Å². The van der Waals surface area contributed by atoms with E-state index in [-0.39, 0.29) is 18.1 Å². The lowest BCUT2D eigenvalue weighted by atomic mass is 9.83. The number of ether oxygens (including phenoxy) is 1. The molecular weight excluding hydrogens is 1050 g/mol. The lowest BCUT2D eigenvalue weighted by Crippen LogP contribution is -2.83. The van der Waals surface area contributed by atoms with Crippen LogP contribution in [0.4, 0.5) is 22.7 Å². The molecule has 0 aliphatic heterocycles. The molecule has 0 heterocycles. The quantitative estimate of drug-likeness (QED) is 0.0998. The van der Waals surface area contributed by atoms with Crippen LogP contribution in [-0.4, -0.2) is 85.9 Å². The van der Waals surface area contributed by atoms with Gasteiger partial charge in [0.05, 0.1) is 16.5 Å². The molecule has 8 heteroatoms. The van der Waals surface area contributed by atoms with E-state index >= 15 is 0 Å². The van der Waals surface area contributed by atoms with E-state index in [0.717, 1.165) is 56.0 Å². The van der Waals surface area contributed by atoms with E-state index in [9.17, 15) is 4.79 Å². The van der Waals surface area contributed by atoms with Crippen molar-refractivity contribution >= 4 is 62.4 Å². The molecule has 10 rings (SSSR count). The monoisotopic (exact) mass is 1150 g/mol. The number of hydrogen-bond donors (Lipinski definition) is 2. The third-order valence-electron chi connectivity index (χ3n) is 17.0. The van der Waals surface area contributed by atoms with E-state index in [1.165, 1.54) is 102 Å². The van der Waals surface area contributed by atoms with Gasteiger partial charge in [-0.3, -0.25) is 4.79 Å². The van der Waals surface area contributed by atoms with E-state index in [0.29, 0.717) is 0 Å². The Hall–Kier alpha value is -8.49. The van der Waals surface area contributed by atoms with E-state index in [1.807, 2.05) is 20.8 Å². The van der Waals surface area contributed by atoms with Gasteiger partial charge in [0.15, 0.2) is 18.7 Å². The third kappa shape index (κ3) is 15.9. The summed E-state index contributed by atoms with van der Waals surface area (Å²) in [5.74, 6) is 0.786. The molecule has 0 bridgehead atoms. The van der Waals surface area contributed by atoms with Crippen LogP contribution in [0.25, 0.3) is 22.3 Å². The molecule has 0 amide bonds. The number of allylic oxidation sites excluding steroid dienone is 6. The maximum Gasteiger partial charge on any atom is 0.312 e. The predicted molar refractivity (Wildman–Crippen MR) is 368 cm³/mol. The van der Waals surface area contributed by atoms with E-state index < -0.39 is 5.41 Å². The average Bonchev–Trinajstić information content (AvgIpc) is 2.11. The Bertz CT molecular complexity index is 3450. The fraction of sp³-hybridized carbons (Fsp3) is 0.321. The van der Waals surface area contributed by atoms with E-state index in [4.69, 9.17) is 4.74 Å². The molecule has 1 saturated carbocycles. The molecule has 3 aliphatic carbocycles. The number of hydrogen-bond acceptors (Lipinski definition) is 6. The second-order valence-corrected chi connectivity index (χ2v) is 24.8. The molecule has 0 aromatic heterocycles. The maximum atomic E-state index is 13.0. The van der Waals surface area contributed by atoms with Crippen molar-refractivity contribution in [2.75, 3.05) is 76.0 Å². The minimum absolute atomic E-state index is 0.0789. The SMILES string of the molecule is CCC(C)(C)C(=O)OC1CCCCC1[NH+]=C1C=CC(=C(c2ccc(N(C)C)cc2)c2ccc(N(C)C)cc2)c2ccccc21.CCC(C)C.CN(C)c1ccc(C(=C2C=CC(=[NH+]Cc3ccccc3)c3ccccc32)c2ccc(N(C)C)cc2)cc1. The van der Waals surface area contributed by atoms with Crippen molar-refractivity contribution in [1.29, 1.82) is 0 Å². The van der Waals surface area contributed by atoms with Crippen LogP contribution in [-0.2, 0) is 16.1 Å². The Balaban J connectivity index is 0.000000210. The van der Waals surface area contributed by atoms with Crippen molar-refractivity contribution in [3.8, 4) is 0 Å². The number of esters is 1. The smallest absolute Gasteiger partial charge is 0.312 e. The summed E-state index contributed by atoms with van der Waals surface area (Å²) in [5, 5.41) is 0. The van der Waals surface area contributed by atoms with Crippen LogP contribution < -0.4 is 29.6 Å². The second-order valence-electron chi connectivity index (χ2n) is 24.8. The van der Waals surface area contributed by atoms with Gasteiger partial charge in [-0.2, -0.15) is 0 Å². The molecule has 7 aromatic carbocycles. The van der Waals surface area contributed by atoms with Gasteiger partial charge in [0.1, 0.15) is 0 Å². The normalized spacial score (nSPS) is 16.0. The maximum absolute atomic E-state index is 13.0. The number of nitrogens with zero attached hydrogens (tertiary/aromatic N) is 4. The Morgan fingerprint density at radius 1 is 0.488 bits per heavy atom. The van der Waals surface area contributed by atoms with Gasteiger partial charge in [0.2, 0.25) is 11.4 Å². The Morgan fingerprint density at radius 2 is 0.849 bits per heavy atom. The largest absolute Gasteiger partial charge is 0.455 e. The minimum atomic E-state index is -0.474. The molecule has 8 nitrogen and oxygen atoms in total. The Morgan fingerprint density at radius 3 is 1.23 bits per heavy atom. The first-order valence-electron chi connectivity index (χ1n) is 31.0. The van der Waals surface area contributed by atoms with Gasteiger partial charge in [-0.15, -0.1) is 0 Å². The highest BCUT2D eigenvalue weighted by Crippen LogP contribution is 2.40. The zero-order chi connectivity index (χ0) is 61.5. The fourth-order valence-corrected chi connectivity index (χ4v) is 10.8. The van der Waals surface area contributed by atoms with Gasteiger partial charge in [-0.1, -0.05) is 149 Å². The number of carbonyl (C=O) groups excluding carboxylic acids is 1. The van der Waals surface area contributed by atoms with Crippen LogP contribution in [0.15, 0.2) is 200 Å². The van der Waals surface area contributed by atoms with E-state index in [1.54, 1.807) is 0 Å². The molecule has 0 saturated heterocycles. The van der Waals surface area contributed by atoms with E-state index in [2.05, 4.69) is 307 Å². The molecule has 446 valence electrons. The summed E-state index contributed by atoms with van der Waals surface area (Å²) < 4.78 is 6.16. The lowest BCUT2D eigenvalue weighted by molar-refractivity contribution is -0.519. The number of anilines is 4. The van der Waals surface area contributed by atoms with Crippen LogP contribution in [0, 0.1) is 11.3 Å². The van der Waals surface area contributed by atoms with Gasteiger partial charge in [-0.25, -0.2) is 9.98 Å². The minimum Gasteiger partial charge on any atom is -0.455 e. The molecule has 2 unspecified atom stereocenters. The summed E-state index contributed by atoms with van der Waals surface area (Å²) in [6.07, 6.45) is 15.0. The zero-order valence-corrected chi connectivity index (χ0v) is 53.8. The second kappa shape index (κ2) is 29.5. The van der Waals surface area contributed by atoms with Gasteiger partial charge < -0.3 is 24.3 Å². The zero-order valence-electron chi connectivity index (χ0n) is 53.8. The first-order valence-corrected chi connectivity index (χ1v) is 31.0. The number of fused-ring (bicyclic) bond motifs is 2. The summed E-state index contributed by atoms with van der Waals surface area (Å²) in [6.45, 7) is 13.4. The average molecular weight is 1150 g/mol. The lowest BCUT2D eigenvalue weighted by Gasteiger charge is -2.29. The van der Waals surface area contributed by atoms with Crippen molar-refractivity contribution in [2.45, 2.75) is 98.8 Å². The Kier molecular flexibility index (Phi) is 21.8. The third-order valence-corrected chi connectivity index (χ3v) is 17.0. The molecule has 0 radical (unpaired) electrons. The van der Waals surface area contributed by atoms with Crippen LogP contribution >= 0.6 is 0 Å². The molecule has 2 atom stereocenters. The Labute approximate surface area is 515 Å². The van der Waals surface area contributed by atoms with Gasteiger partial charge >= 0.3 is 5.97 Å². The van der Waals surface area contributed by atoms with Gasteiger partial charge in [-0.05, 0) is 174 Å². The summed E-state index contributed by atoms with van der Waals surface area (Å²) in [4.78, 5) is 29.1. The van der Waals surface area contributed by atoms with Crippen molar-refractivity contribution in [2.24, 2.45) is 11.3 Å². The van der Waals surface area contributed by atoms with Gasteiger partial charge in [0.25, 0.3) is 0 Å². The highest BCUT2D eigenvalue weighted by atomic mass is 16.5. The molecule has 2 N–H and O–H groups in total. The summed E-state index contributed by atoms with van der Waals surface area (Å²) >= 11 is 0. The highest BCUT2D eigenvalue weighted by molar-refractivity contribution is 6.18. The summed E-state index contributed by atoms with van der Waals surface area (Å²) in [5.41, 5.74) is 22.2. The topological polar surface area (TPSA) is 67.2 Å². The molecule has 3 aliphatic rings. The van der Waals surface area contributed by atoms with Crippen molar-refractivity contribution in [1.82, 2.24) is 0 Å². The van der Waals surface area contributed by atoms with Crippen molar-refractivity contribution < 1.29 is 19.5 Å². The number of carbonyl (C=O) groups is 1. The molecule has 1 fully saturated rings. The molecule has 86 heavy (non-hydrogen) atoms. The van der Waals surface area contributed by atoms with Crippen molar-refractivity contribution in [3.05, 3.63) is 250 Å². The molecular formula is C78H94N6O2+2. The number of benzene rings is 7. The number of nitrogens with one attached hydrogen (secondary N) is 2.